The summed E-state index contributed by atoms with van der Waals surface area (Å²) in [5, 5.41) is 23.5. The van der Waals surface area contributed by atoms with Crippen LogP contribution in [0.1, 0.15) is 17.0 Å². The third-order valence-corrected chi connectivity index (χ3v) is 5.14. The monoisotopic (exact) mass is 394 g/mol. The second-order valence-electron chi connectivity index (χ2n) is 5.03. The molecule has 0 spiro atoms. The van der Waals surface area contributed by atoms with Gasteiger partial charge in [-0.25, -0.2) is 0 Å². The standard InChI is InChI=1S/C16H14O7S.2Na/c17-14(18)13(11-7-3-1-4-8-11)16(15(19)20,24(21,22)23)12-9-5-2-6-10-12;;/h1-10,13H,(H,17,18)(H,19,20)(H,21,22,23);;/q;2*+1/p-2. The summed E-state index contributed by atoms with van der Waals surface area (Å²) in [5.74, 6) is -6.47. The van der Waals surface area contributed by atoms with Gasteiger partial charge >= 0.3 is 59.1 Å². The summed E-state index contributed by atoms with van der Waals surface area (Å²) in [6.45, 7) is 0. The molecule has 1 N–H and O–H groups in total. The van der Waals surface area contributed by atoms with Crippen LogP contribution in [0, 0.1) is 0 Å². The van der Waals surface area contributed by atoms with Gasteiger partial charge in [0.1, 0.15) is 0 Å². The SMILES string of the molecule is O=C([O-])C(c1ccccc1)C(C(=O)[O-])(c1ccccc1)S(=O)(=O)O.[Na+].[Na+]. The number of rotatable bonds is 6. The fourth-order valence-corrected chi connectivity index (χ4v) is 3.85. The fraction of sp³-hybridized carbons (Fsp3) is 0.125. The van der Waals surface area contributed by atoms with Gasteiger partial charge in [0.05, 0.1) is 17.9 Å². The van der Waals surface area contributed by atoms with Crippen molar-refractivity contribution in [2.45, 2.75) is 10.7 Å². The zero-order valence-corrected chi connectivity index (χ0v) is 19.0. The van der Waals surface area contributed by atoms with Crippen molar-refractivity contribution in [3.05, 3.63) is 71.8 Å². The zero-order valence-electron chi connectivity index (χ0n) is 14.2. The van der Waals surface area contributed by atoms with Crippen LogP contribution in [-0.2, 0) is 24.5 Å². The minimum atomic E-state index is -5.45. The van der Waals surface area contributed by atoms with Crippen molar-refractivity contribution in [2.24, 2.45) is 0 Å². The first-order chi connectivity index (χ1) is 11.2. The van der Waals surface area contributed by atoms with Crippen molar-refractivity contribution in [1.82, 2.24) is 0 Å². The van der Waals surface area contributed by atoms with Crippen molar-refractivity contribution in [3.8, 4) is 0 Å². The molecule has 126 valence electrons. The van der Waals surface area contributed by atoms with Gasteiger partial charge < -0.3 is 19.8 Å². The van der Waals surface area contributed by atoms with E-state index in [1.54, 1.807) is 0 Å². The first-order valence-corrected chi connectivity index (χ1v) is 8.16. The van der Waals surface area contributed by atoms with Crippen molar-refractivity contribution in [1.29, 1.82) is 0 Å². The van der Waals surface area contributed by atoms with Gasteiger partial charge in [-0.3, -0.25) is 4.55 Å². The first kappa shape index (κ1) is 25.3. The van der Waals surface area contributed by atoms with Crippen LogP contribution in [0.3, 0.4) is 0 Å². The number of hydrogen-bond acceptors (Lipinski definition) is 6. The van der Waals surface area contributed by atoms with Crippen molar-refractivity contribution in [3.63, 3.8) is 0 Å². The Hall–Kier alpha value is -0.710. The molecule has 2 atom stereocenters. The molecule has 10 heteroatoms. The van der Waals surface area contributed by atoms with Gasteiger partial charge in [0.25, 0.3) is 10.1 Å². The Balaban J connectivity index is 0.00000312. The van der Waals surface area contributed by atoms with Crippen LogP contribution in [0.25, 0.3) is 0 Å². The van der Waals surface area contributed by atoms with Gasteiger partial charge in [-0.05, 0) is 11.1 Å². The smallest absolute Gasteiger partial charge is 0.549 e. The summed E-state index contributed by atoms with van der Waals surface area (Å²) < 4.78 is 30.6. The normalized spacial score (nSPS) is 14.0. The maximum absolute atomic E-state index is 12.1. The average Bonchev–Trinajstić information content (AvgIpc) is 2.52. The second kappa shape index (κ2) is 10.0. The van der Waals surface area contributed by atoms with Crippen LogP contribution >= 0.6 is 0 Å². The van der Waals surface area contributed by atoms with E-state index in [-0.39, 0.29) is 64.7 Å². The Morgan fingerprint density at radius 2 is 1.31 bits per heavy atom. The molecule has 0 aliphatic carbocycles. The summed E-state index contributed by atoms with van der Waals surface area (Å²) in [6, 6.07) is 13.1. The number of carbonyl (C=O) groups is 2. The Morgan fingerprint density at radius 3 is 1.65 bits per heavy atom. The molecular weight excluding hydrogens is 382 g/mol. The first-order valence-electron chi connectivity index (χ1n) is 6.72. The van der Waals surface area contributed by atoms with Crippen LogP contribution in [0.5, 0.6) is 0 Å². The van der Waals surface area contributed by atoms with Gasteiger partial charge in [-0.15, -0.1) is 0 Å². The van der Waals surface area contributed by atoms with Gasteiger partial charge in [-0.2, -0.15) is 8.42 Å². The molecule has 0 radical (unpaired) electrons. The van der Waals surface area contributed by atoms with Crippen LogP contribution < -0.4 is 69.3 Å². The van der Waals surface area contributed by atoms with Crippen LogP contribution in [-0.4, -0.2) is 24.9 Å². The van der Waals surface area contributed by atoms with Gasteiger partial charge in [0.15, 0.2) is 4.75 Å². The second-order valence-corrected chi connectivity index (χ2v) is 6.62. The van der Waals surface area contributed by atoms with Gasteiger partial charge in [0.2, 0.25) is 0 Å². The van der Waals surface area contributed by atoms with Crippen molar-refractivity contribution >= 4 is 22.1 Å². The molecule has 0 saturated heterocycles. The number of carboxylic acids is 2. The summed E-state index contributed by atoms with van der Waals surface area (Å²) in [7, 11) is -5.45. The molecule has 0 fully saturated rings. The molecular formula is C16H12Na2O7S. The number of carboxylic acid groups (broad SMARTS) is 2. The van der Waals surface area contributed by atoms with Crippen LogP contribution in [0.4, 0.5) is 0 Å². The molecule has 7 nitrogen and oxygen atoms in total. The van der Waals surface area contributed by atoms with E-state index in [4.69, 9.17) is 0 Å². The third kappa shape index (κ3) is 4.58. The molecule has 0 bridgehead atoms. The minimum absolute atomic E-state index is 0. The Bertz CT molecular complexity index is 857. The summed E-state index contributed by atoms with van der Waals surface area (Å²) in [6.07, 6.45) is 0. The maximum atomic E-state index is 12.1. The molecule has 0 aromatic heterocycles. The molecule has 2 unspecified atom stereocenters. The predicted octanol–water partition coefficient (Wildman–Crippen LogP) is -6.94. The van der Waals surface area contributed by atoms with E-state index < -0.39 is 38.3 Å². The van der Waals surface area contributed by atoms with E-state index in [1.807, 2.05) is 0 Å². The molecule has 0 aliphatic rings. The molecule has 2 aromatic carbocycles. The van der Waals surface area contributed by atoms with Gasteiger partial charge in [-0.1, -0.05) is 60.7 Å². The summed E-state index contributed by atoms with van der Waals surface area (Å²) >= 11 is 0. The molecule has 0 aliphatic heterocycles. The molecule has 26 heavy (non-hydrogen) atoms. The van der Waals surface area contributed by atoms with E-state index in [0.29, 0.717) is 0 Å². The molecule has 0 amide bonds. The fourth-order valence-electron chi connectivity index (χ4n) is 2.67. The maximum Gasteiger partial charge on any atom is 1.00 e. The topological polar surface area (TPSA) is 135 Å². The summed E-state index contributed by atoms with van der Waals surface area (Å²) in [4.78, 5) is 23.5. The number of benzene rings is 2. The van der Waals surface area contributed by atoms with Crippen LogP contribution in [0.2, 0.25) is 0 Å². The largest absolute Gasteiger partial charge is 1.00 e. The molecule has 2 aromatic rings. The minimum Gasteiger partial charge on any atom is -0.549 e. The number of aliphatic carboxylic acids is 2. The Morgan fingerprint density at radius 1 is 0.885 bits per heavy atom. The molecule has 2 rings (SSSR count). The molecule has 0 saturated carbocycles. The quantitative estimate of drug-likeness (QED) is 0.380. The van der Waals surface area contributed by atoms with Crippen molar-refractivity contribution < 1.29 is 91.9 Å². The van der Waals surface area contributed by atoms with E-state index in [2.05, 4.69) is 0 Å². The predicted molar refractivity (Wildman–Crippen MR) is 78.9 cm³/mol. The average molecular weight is 394 g/mol. The zero-order chi connectivity index (χ0) is 18.0. The third-order valence-electron chi connectivity index (χ3n) is 3.69. The van der Waals surface area contributed by atoms with E-state index in [0.717, 1.165) is 12.1 Å². The van der Waals surface area contributed by atoms with Crippen LogP contribution in [0.15, 0.2) is 60.7 Å². The number of hydrogen-bond donors (Lipinski definition) is 1. The van der Waals surface area contributed by atoms with E-state index in [9.17, 15) is 32.8 Å². The summed E-state index contributed by atoms with van der Waals surface area (Å²) in [5.41, 5.74) is -0.617. The van der Waals surface area contributed by atoms with Crippen molar-refractivity contribution in [2.75, 3.05) is 0 Å². The van der Waals surface area contributed by atoms with Gasteiger partial charge in [0, 0.05) is 0 Å². The van der Waals surface area contributed by atoms with E-state index in [1.165, 1.54) is 48.5 Å². The molecule has 0 heterocycles. The van der Waals surface area contributed by atoms with E-state index >= 15 is 0 Å². The number of carbonyl (C=O) groups excluding carboxylic acids is 2. The Labute approximate surface area is 194 Å². The Kier molecular flexibility index (Phi) is 9.73.